The van der Waals surface area contributed by atoms with E-state index >= 15 is 0 Å². The van der Waals surface area contributed by atoms with Gasteiger partial charge in [0.15, 0.2) is 12.5 Å². The number of carbonyl (C=O) groups is 1. The van der Waals surface area contributed by atoms with Crippen LogP contribution < -0.4 is 10.6 Å². The van der Waals surface area contributed by atoms with Crippen LogP contribution in [0, 0.1) is 0 Å². The molecule has 2 heterocycles. The van der Waals surface area contributed by atoms with Gasteiger partial charge in [-0.3, -0.25) is 9.78 Å². The second-order valence-electron chi connectivity index (χ2n) is 3.21. The number of aldehydes is 1. The van der Waals surface area contributed by atoms with Crippen LogP contribution in [0.25, 0.3) is 0 Å². The molecule has 2 rings (SSSR count). The summed E-state index contributed by atoms with van der Waals surface area (Å²) in [7, 11) is 0. The second kappa shape index (κ2) is 4.10. The van der Waals surface area contributed by atoms with Gasteiger partial charge in [0.2, 0.25) is 0 Å². The molecule has 5 nitrogen and oxygen atoms in total. The zero-order valence-corrected chi connectivity index (χ0v) is 7.92. The van der Waals surface area contributed by atoms with E-state index in [0.29, 0.717) is 11.3 Å². The number of aliphatic hydroxyl groups is 1. The van der Waals surface area contributed by atoms with Gasteiger partial charge < -0.3 is 15.7 Å². The minimum Gasteiger partial charge on any atom is -0.382 e. The van der Waals surface area contributed by atoms with Crippen LogP contribution in [-0.4, -0.2) is 22.5 Å². The number of hydrogen-bond donors (Lipinski definition) is 3. The molecule has 1 aliphatic heterocycles. The Balaban J connectivity index is 2.10. The van der Waals surface area contributed by atoms with E-state index in [2.05, 4.69) is 15.6 Å². The van der Waals surface area contributed by atoms with Gasteiger partial charge in [0.1, 0.15) is 6.10 Å². The molecule has 0 aliphatic carbocycles. The van der Waals surface area contributed by atoms with Gasteiger partial charge in [-0.2, -0.15) is 0 Å². The molecule has 15 heavy (non-hydrogen) atoms. The SMILES string of the molecule is O=CC1NC=C(C(O)c2cccnc2)N1. The van der Waals surface area contributed by atoms with Gasteiger partial charge in [0.25, 0.3) is 0 Å². The Bertz CT molecular complexity index is 378. The Labute approximate surface area is 86.8 Å². The molecule has 0 spiro atoms. The third kappa shape index (κ3) is 1.97. The lowest BCUT2D eigenvalue weighted by molar-refractivity contribution is -0.109. The average molecular weight is 205 g/mol. The smallest absolute Gasteiger partial charge is 0.162 e. The first-order chi connectivity index (χ1) is 7.31. The molecule has 0 radical (unpaired) electrons. The predicted molar refractivity (Wildman–Crippen MR) is 53.4 cm³/mol. The molecule has 1 aromatic rings. The molecule has 78 valence electrons. The molecule has 5 heteroatoms. The van der Waals surface area contributed by atoms with E-state index in [9.17, 15) is 9.90 Å². The maximum absolute atomic E-state index is 10.5. The van der Waals surface area contributed by atoms with Gasteiger partial charge in [-0.15, -0.1) is 0 Å². The van der Waals surface area contributed by atoms with E-state index in [-0.39, 0.29) is 0 Å². The van der Waals surface area contributed by atoms with Crippen molar-refractivity contribution in [3.63, 3.8) is 0 Å². The highest BCUT2D eigenvalue weighted by molar-refractivity contribution is 5.59. The van der Waals surface area contributed by atoms with Gasteiger partial charge in [-0.05, 0) is 6.07 Å². The normalized spacial score (nSPS) is 21.1. The zero-order valence-electron chi connectivity index (χ0n) is 7.92. The molecule has 1 aromatic heterocycles. The van der Waals surface area contributed by atoms with Crippen molar-refractivity contribution in [3.05, 3.63) is 42.0 Å². The van der Waals surface area contributed by atoms with Gasteiger partial charge in [-0.1, -0.05) is 6.07 Å². The number of nitrogens with zero attached hydrogens (tertiary/aromatic N) is 1. The number of rotatable bonds is 3. The molecule has 2 atom stereocenters. The van der Waals surface area contributed by atoms with Crippen molar-refractivity contribution >= 4 is 6.29 Å². The minimum absolute atomic E-state index is 0.452. The lowest BCUT2D eigenvalue weighted by Gasteiger charge is -2.13. The Morgan fingerprint density at radius 1 is 1.60 bits per heavy atom. The highest BCUT2D eigenvalue weighted by Gasteiger charge is 2.21. The predicted octanol–water partition coefficient (Wildman–Crippen LogP) is -0.326. The van der Waals surface area contributed by atoms with Crippen LogP contribution in [0.4, 0.5) is 0 Å². The van der Waals surface area contributed by atoms with Crippen LogP contribution in [0.3, 0.4) is 0 Å². The maximum atomic E-state index is 10.5. The third-order valence-corrected chi connectivity index (χ3v) is 2.17. The van der Waals surface area contributed by atoms with Crippen LogP contribution in [0.5, 0.6) is 0 Å². The van der Waals surface area contributed by atoms with Crippen molar-refractivity contribution < 1.29 is 9.90 Å². The molecular weight excluding hydrogens is 194 g/mol. The largest absolute Gasteiger partial charge is 0.382 e. The topological polar surface area (TPSA) is 74.2 Å². The summed E-state index contributed by atoms with van der Waals surface area (Å²) in [6.07, 6.45) is 4.32. The zero-order chi connectivity index (χ0) is 10.7. The molecule has 0 amide bonds. The Morgan fingerprint density at radius 3 is 3.07 bits per heavy atom. The van der Waals surface area contributed by atoms with Crippen molar-refractivity contribution in [3.8, 4) is 0 Å². The molecule has 1 aliphatic rings. The van der Waals surface area contributed by atoms with Crippen LogP contribution in [0.1, 0.15) is 11.7 Å². The van der Waals surface area contributed by atoms with Gasteiger partial charge in [-0.25, -0.2) is 0 Å². The van der Waals surface area contributed by atoms with Crippen molar-refractivity contribution in [2.24, 2.45) is 0 Å². The molecule has 0 bridgehead atoms. The fraction of sp³-hybridized carbons (Fsp3) is 0.200. The molecule has 3 N–H and O–H groups in total. The van der Waals surface area contributed by atoms with Crippen LogP contribution in [-0.2, 0) is 4.79 Å². The first-order valence-corrected chi connectivity index (χ1v) is 4.57. The van der Waals surface area contributed by atoms with E-state index in [0.717, 1.165) is 6.29 Å². The van der Waals surface area contributed by atoms with Crippen LogP contribution >= 0.6 is 0 Å². The van der Waals surface area contributed by atoms with E-state index in [1.807, 2.05) is 0 Å². The van der Waals surface area contributed by atoms with E-state index in [1.165, 1.54) is 0 Å². The quantitative estimate of drug-likeness (QED) is 0.589. The molecule has 0 saturated heterocycles. The molecule has 0 fully saturated rings. The first kappa shape index (κ1) is 9.67. The molecular formula is C10H11N3O2. The summed E-state index contributed by atoms with van der Waals surface area (Å²) in [4.78, 5) is 14.4. The van der Waals surface area contributed by atoms with Crippen molar-refractivity contribution in [2.45, 2.75) is 12.3 Å². The number of hydrogen-bond acceptors (Lipinski definition) is 5. The summed E-state index contributed by atoms with van der Waals surface area (Å²) < 4.78 is 0. The summed E-state index contributed by atoms with van der Waals surface area (Å²) in [5, 5.41) is 15.5. The van der Waals surface area contributed by atoms with Gasteiger partial charge >= 0.3 is 0 Å². The van der Waals surface area contributed by atoms with Gasteiger partial charge in [0.05, 0.1) is 5.70 Å². The molecule has 0 saturated carbocycles. The van der Waals surface area contributed by atoms with Crippen LogP contribution in [0.15, 0.2) is 36.4 Å². The Kier molecular flexibility index (Phi) is 2.64. The molecule has 2 unspecified atom stereocenters. The van der Waals surface area contributed by atoms with E-state index in [1.54, 1.807) is 30.7 Å². The number of carbonyl (C=O) groups excluding carboxylic acids is 1. The maximum Gasteiger partial charge on any atom is 0.162 e. The Morgan fingerprint density at radius 2 is 2.47 bits per heavy atom. The average Bonchev–Trinajstić information content (AvgIpc) is 2.78. The van der Waals surface area contributed by atoms with Gasteiger partial charge in [0, 0.05) is 24.2 Å². The summed E-state index contributed by atoms with van der Waals surface area (Å²) >= 11 is 0. The second-order valence-corrected chi connectivity index (χ2v) is 3.21. The van der Waals surface area contributed by atoms with E-state index < -0.39 is 12.3 Å². The summed E-state index contributed by atoms with van der Waals surface area (Å²) in [5.41, 5.74) is 1.25. The summed E-state index contributed by atoms with van der Waals surface area (Å²) in [6.45, 7) is 0. The highest BCUT2D eigenvalue weighted by atomic mass is 16.3. The Hall–Kier alpha value is -1.88. The number of nitrogens with one attached hydrogen (secondary N) is 2. The molecule has 0 aromatic carbocycles. The van der Waals surface area contributed by atoms with Crippen LogP contribution in [0.2, 0.25) is 0 Å². The third-order valence-electron chi connectivity index (χ3n) is 2.17. The fourth-order valence-electron chi connectivity index (χ4n) is 1.39. The number of pyridine rings is 1. The minimum atomic E-state index is -0.781. The van der Waals surface area contributed by atoms with Crippen molar-refractivity contribution in [2.75, 3.05) is 0 Å². The fourth-order valence-corrected chi connectivity index (χ4v) is 1.39. The monoisotopic (exact) mass is 205 g/mol. The highest BCUT2D eigenvalue weighted by Crippen LogP contribution is 2.19. The summed E-state index contributed by atoms with van der Waals surface area (Å²) in [5.74, 6) is 0. The number of aromatic nitrogens is 1. The number of aliphatic hydroxyl groups excluding tert-OH is 1. The van der Waals surface area contributed by atoms with Crippen molar-refractivity contribution in [1.29, 1.82) is 0 Å². The standard InChI is InChI=1S/C10H11N3O2/c14-6-9-12-5-8(13-9)10(15)7-2-1-3-11-4-7/h1-6,9-10,12-13,15H. The van der Waals surface area contributed by atoms with E-state index in [4.69, 9.17) is 0 Å². The summed E-state index contributed by atoms with van der Waals surface area (Å²) in [6, 6.07) is 3.52. The lowest BCUT2D eigenvalue weighted by atomic mass is 10.1. The lowest BCUT2D eigenvalue weighted by Crippen LogP contribution is -2.34. The first-order valence-electron chi connectivity index (χ1n) is 4.57. The van der Waals surface area contributed by atoms with Crippen molar-refractivity contribution in [1.82, 2.24) is 15.6 Å².